The summed E-state index contributed by atoms with van der Waals surface area (Å²) in [6.07, 6.45) is 6.68. The predicted molar refractivity (Wildman–Crippen MR) is 68.2 cm³/mol. The van der Waals surface area contributed by atoms with Crippen molar-refractivity contribution in [1.82, 2.24) is 9.97 Å². The van der Waals surface area contributed by atoms with Crippen LogP contribution >= 0.6 is 0 Å². The van der Waals surface area contributed by atoms with Gasteiger partial charge in [-0.2, -0.15) is 0 Å². The molecule has 94 valence electrons. The van der Waals surface area contributed by atoms with Gasteiger partial charge >= 0.3 is 0 Å². The van der Waals surface area contributed by atoms with Crippen LogP contribution in [0.2, 0.25) is 0 Å². The van der Waals surface area contributed by atoms with Crippen LogP contribution in [0.4, 0.5) is 5.82 Å². The lowest BCUT2D eigenvalue weighted by molar-refractivity contribution is 0.261. The van der Waals surface area contributed by atoms with Gasteiger partial charge in [-0.1, -0.05) is 26.7 Å². The Morgan fingerprint density at radius 3 is 2.82 bits per heavy atom. The van der Waals surface area contributed by atoms with Gasteiger partial charge in [-0.05, 0) is 18.8 Å². The topological polar surface area (TPSA) is 47.0 Å². The molecule has 0 aliphatic heterocycles. The van der Waals surface area contributed by atoms with Crippen molar-refractivity contribution in [2.45, 2.75) is 45.6 Å². The summed E-state index contributed by atoms with van der Waals surface area (Å²) in [5.41, 5.74) is 0. The van der Waals surface area contributed by atoms with Crippen molar-refractivity contribution in [2.75, 3.05) is 11.9 Å². The van der Waals surface area contributed by atoms with Crippen LogP contribution in [0.15, 0.2) is 12.4 Å². The first-order valence-electron chi connectivity index (χ1n) is 6.45. The first-order chi connectivity index (χ1) is 8.24. The average Bonchev–Trinajstić information content (AvgIpc) is 2.80. The summed E-state index contributed by atoms with van der Waals surface area (Å²) in [7, 11) is 0. The van der Waals surface area contributed by atoms with Crippen molar-refractivity contribution in [1.29, 1.82) is 0 Å². The van der Waals surface area contributed by atoms with Crippen molar-refractivity contribution in [3.05, 3.63) is 12.4 Å². The first kappa shape index (κ1) is 12.1. The Morgan fingerprint density at radius 1 is 1.35 bits per heavy atom. The van der Waals surface area contributed by atoms with Gasteiger partial charge < -0.3 is 10.1 Å². The molecule has 0 radical (unpaired) electrons. The number of hydrogen-bond donors (Lipinski definition) is 1. The fraction of sp³-hybridized carbons (Fsp3) is 0.692. The van der Waals surface area contributed by atoms with E-state index in [0.29, 0.717) is 24.4 Å². The molecule has 0 unspecified atom stereocenters. The Labute approximate surface area is 103 Å². The average molecular weight is 235 g/mol. The largest absolute Gasteiger partial charge is 0.477 e. The zero-order valence-corrected chi connectivity index (χ0v) is 10.6. The van der Waals surface area contributed by atoms with Gasteiger partial charge in [-0.15, -0.1) is 0 Å². The number of anilines is 1. The van der Waals surface area contributed by atoms with Crippen molar-refractivity contribution >= 4 is 5.82 Å². The van der Waals surface area contributed by atoms with Gasteiger partial charge in [0, 0.05) is 12.1 Å². The van der Waals surface area contributed by atoms with Gasteiger partial charge in [0.25, 0.3) is 0 Å². The fourth-order valence-electron chi connectivity index (χ4n) is 2.03. The third kappa shape index (κ3) is 3.88. The van der Waals surface area contributed by atoms with E-state index in [0.717, 1.165) is 5.82 Å². The molecule has 1 fully saturated rings. The summed E-state index contributed by atoms with van der Waals surface area (Å²) < 4.78 is 5.58. The summed E-state index contributed by atoms with van der Waals surface area (Å²) in [6.45, 7) is 4.94. The molecule has 1 heterocycles. The van der Waals surface area contributed by atoms with E-state index in [1.54, 1.807) is 6.33 Å². The van der Waals surface area contributed by atoms with Gasteiger partial charge in [-0.3, -0.25) is 0 Å². The molecule has 0 bridgehead atoms. The summed E-state index contributed by atoms with van der Waals surface area (Å²) >= 11 is 0. The molecular formula is C13H21N3O. The lowest BCUT2D eigenvalue weighted by Crippen LogP contribution is -2.15. The molecule has 2 rings (SSSR count). The molecule has 0 atom stereocenters. The molecule has 1 aromatic rings. The number of hydrogen-bond acceptors (Lipinski definition) is 4. The maximum Gasteiger partial charge on any atom is 0.218 e. The monoisotopic (exact) mass is 235 g/mol. The molecule has 1 aliphatic carbocycles. The molecule has 1 saturated carbocycles. The van der Waals surface area contributed by atoms with Gasteiger partial charge in [-0.25, -0.2) is 9.97 Å². The SMILES string of the molecule is CC(C)COc1cc(NC2CCCC2)ncn1. The number of nitrogens with one attached hydrogen (secondary N) is 1. The van der Waals surface area contributed by atoms with Crippen LogP contribution in [0, 0.1) is 5.92 Å². The minimum absolute atomic E-state index is 0.510. The molecule has 4 heteroatoms. The second-order valence-corrected chi connectivity index (χ2v) is 5.07. The Balaban J connectivity index is 1.91. The van der Waals surface area contributed by atoms with E-state index in [1.165, 1.54) is 25.7 Å². The van der Waals surface area contributed by atoms with Crippen LogP contribution in [0.5, 0.6) is 5.88 Å². The molecule has 1 aromatic heterocycles. The van der Waals surface area contributed by atoms with E-state index in [9.17, 15) is 0 Å². The number of aromatic nitrogens is 2. The molecule has 17 heavy (non-hydrogen) atoms. The van der Waals surface area contributed by atoms with E-state index in [2.05, 4.69) is 29.1 Å². The smallest absolute Gasteiger partial charge is 0.218 e. The minimum Gasteiger partial charge on any atom is -0.477 e. The van der Waals surface area contributed by atoms with E-state index in [4.69, 9.17) is 4.74 Å². The molecule has 0 amide bonds. The highest BCUT2D eigenvalue weighted by Crippen LogP contribution is 2.22. The van der Waals surface area contributed by atoms with Crippen LogP contribution < -0.4 is 10.1 Å². The molecule has 0 aromatic carbocycles. The zero-order chi connectivity index (χ0) is 12.1. The van der Waals surface area contributed by atoms with Crippen molar-refractivity contribution in [3.63, 3.8) is 0 Å². The quantitative estimate of drug-likeness (QED) is 0.852. The van der Waals surface area contributed by atoms with Crippen molar-refractivity contribution in [2.24, 2.45) is 5.92 Å². The summed E-state index contributed by atoms with van der Waals surface area (Å²) in [6, 6.07) is 2.46. The van der Waals surface area contributed by atoms with E-state index in [-0.39, 0.29) is 0 Å². The Hall–Kier alpha value is -1.32. The lowest BCUT2D eigenvalue weighted by atomic mass is 10.2. The summed E-state index contributed by atoms with van der Waals surface area (Å²) in [5, 5.41) is 3.44. The van der Waals surface area contributed by atoms with E-state index in [1.807, 2.05) is 6.07 Å². The van der Waals surface area contributed by atoms with Crippen molar-refractivity contribution in [3.8, 4) is 5.88 Å². The first-order valence-corrected chi connectivity index (χ1v) is 6.45. The normalized spacial score (nSPS) is 16.4. The number of ether oxygens (including phenoxy) is 1. The summed E-state index contributed by atoms with van der Waals surface area (Å²) in [5.74, 6) is 2.05. The Kier molecular flexibility index (Phi) is 4.18. The Morgan fingerprint density at radius 2 is 2.12 bits per heavy atom. The van der Waals surface area contributed by atoms with Crippen LogP contribution in [-0.2, 0) is 0 Å². The second-order valence-electron chi connectivity index (χ2n) is 5.07. The van der Waals surface area contributed by atoms with Crippen LogP contribution in [-0.4, -0.2) is 22.6 Å². The van der Waals surface area contributed by atoms with Gasteiger partial charge in [0.2, 0.25) is 5.88 Å². The fourth-order valence-corrected chi connectivity index (χ4v) is 2.03. The molecular weight excluding hydrogens is 214 g/mol. The highest BCUT2D eigenvalue weighted by molar-refractivity contribution is 5.38. The molecule has 1 aliphatic rings. The van der Waals surface area contributed by atoms with E-state index < -0.39 is 0 Å². The maximum absolute atomic E-state index is 5.58. The van der Waals surface area contributed by atoms with Gasteiger partial charge in [0.1, 0.15) is 12.1 Å². The van der Waals surface area contributed by atoms with Gasteiger partial charge in [0.15, 0.2) is 0 Å². The van der Waals surface area contributed by atoms with Crippen LogP contribution in [0.1, 0.15) is 39.5 Å². The molecule has 0 saturated heterocycles. The second kappa shape index (κ2) is 5.84. The highest BCUT2D eigenvalue weighted by atomic mass is 16.5. The van der Waals surface area contributed by atoms with E-state index >= 15 is 0 Å². The minimum atomic E-state index is 0.510. The maximum atomic E-state index is 5.58. The van der Waals surface area contributed by atoms with Crippen LogP contribution in [0.3, 0.4) is 0 Å². The molecule has 1 N–H and O–H groups in total. The number of rotatable bonds is 5. The zero-order valence-electron chi connectivity index (χ0n) is 10.6. The number of nitrogens with zero attached hydrogens (tertiary/aromatic N) is 2. The standard InChI is InChI=1S/C13H21N3O/c1-10(2)8-17-13-7-12(14-9-15-13)16-11-5-3-4-6-11/h7,9-11H,3-6,8H2,1-2H3,(H,14,15,16). The highest BCUT2D eigenvalue weighted by Gasteiger charge is 2.15. The van der Waals surface area contributed by atoms with Crippen LogP contribution in [0.25, 0.3) is 0 Å². The third-order valence-corrected chi connectivity index (χ3v) is 2.91. The molecule has 0 spiro atoms. The summed E-state index contributed by atoms with van der Waals surface area (Å²) in [4.78, 5) is 8.34. The third-order valence-electron chi connectivity index (χ3n) is 2.91. The predicted octanol–water partition coefficient (Wildman–Crippen LogP) is 2.87. The Bertz CT molecular complexity index is 348. The van der Waals surface area contributed by atoms with Crippen molar-refractivity contribution < 1.29 is 4.74 Å². The lowest BCUT2D eigenvalue weighted by Gasteiger charge is -2.13. The molecule has 4 nitrogen and oxygen atoms in total. The van der Waals surface area contributed by atoms with Gasteiger partial charge in [0.05, 0.1) is 6.61 Å².